The number of nitrogens with zero attached hydrogens (tertiary/aromatic N) is 1. The number of hydrogen-bond donors (Lipinski definition) is 2. The number of carbonyl (C=O) groups excluding carboxylic acids is 2. The van der Waals surface area contributed by atoms with Crippen LogP contribution in [0.3, 0.4) is 0 Å². The van der Waals surface area contributed by atoms with Crippen LogP contribution in [0.1, 0.15) is 44.7 Å². The molecule has 7 nitrogen and oxygen atoms in total. The Morgan fingerprint density at radius 2 is 1.72 bits per heavy atom. The van der Waals surface area contributed by atoms with Crippen molar-refractivity contribution >= 4 is 28.8 Å². The molecule has 0 fully saturated rings. The molecule has 3 aromatic carbocycles. The first-order valence-corrected chi connectivity index (χ1v) is 12.3. The van der Waals surface area contributed by atoms with Crippen LogP contribution in [0.15, 0.2) is 65.8 Å². The number of hydrogen-bond acceptors (Lipinski definition) is 5. The molecule has 0 unspecified atom stereocenters. The van der Waals surface area contributed by atoms with Crippen molar-refractivity contribution in [3.63, 3.8) is 0 Å². The molecular formula is C29H35N3O4. The number of fused-ring (bicyclic) bond motifs is 1. The Morgan fingerprint density at radius 3 is 2.47 bits per heavy atom. The van der Waals surface area contributed by atoms with Crippen molar-refractivity contribution < 1.29 is 19.1 Å². The van der Waals surface area contributed by atoms with Gasteiger partial charge >= 0.3 is 0 Å². The molecule has 1 atom stereocenters. The molecular weight excluding hydrogens is 454 g/mol. The van der Waals surface area contributed by atoms with Gasteiger partial charge in [-0.25, -0.2) is 5.43 Å². The van der Waals surface area contributed by atoms with E-state index in [9.17, 15) is 9.59 Å². The van der Waals surface area contributed by atoms with Gasteiger partial charge in [0.25, 0.3) is 11.8 Å². The summed E-state index contributed by atoms with van der Waals surface area (Å²) in [5.41, 5.74) is 4.32. The normalized spacial score (nSPS) is 12.0. The molecule has 2 N–H and O–H groups in total. The quantitative estimate of drug-likeness (QED) is 0.277. The summed E-state index contributed by atoms with van der Waals surface area (Å²) in [6.45, 7) is 8.35. The maximum atomic E-state index is 12.9. The van der Waals surface area contributed by atoms with Crippen molar-refractivity contribution in [2.24, 2.45) is 11.0 Å². The number of hydrazone groups is 1. The predicted molar refractivity (Wildman–Crippen MR) is 144 cm³/mol. The average molecular weight is 490 g/mol. The molecule has 0 saturated heterocycles. The van der Waals surface area contributed by atoms with Crippen LogP contribution < -0.4 is 20.2 Å². The number of nitrogens with one attached hydrogen (secondary N) is 2. The van der Waals surface area contributed by atoms with Gasteiger partial charge in [-0.05, 0) is 54.2 Å². The molecule has 3 aromatic rings. The number of rotatable bonds is 12. The second kappa shape index (κ2) is 13.3. The largest absolute Gasteiger partial charge is 0.493 e. The Kier molecular flexibility index (Phi) is 9.86. The number of amides is 2. The molecule has 2 amide bonds. The molecule has 3 rings (SSSR count). The highest BCUT2D eigenvalue weighted by Gasteiger charge is 2.22. The van der Waals surface area contributed by atoms with Gasteiger partial charge in [-0.3, -0.25) is 9.59 Å². The summed E-state index contributed by atoms with van der Waals surface area (Å²) in [5, 5.41) is 9.02. The van der Waals surface area contributed by atoms with Gasteiger partial charge in [0.05, 0.1) is 12.8 Å². The maximum Gasteiger partial charge on any atom is 0.262 e. The topological polar surface area (TPSA) is 89.0 Å². The van der Waals surface area contributed by atoms with Gasteiger partial charge < -0.3 is 14.8 Å². The monoisotopic (exact) mass is 489 g/mol. The minimum Gasteiger partial charge on any atom is -0.493 e. The zero-order valence-electron chi connectivity index (χ0n) is 21.4. The molecule has 0 spiro atoms. The summed E-state index contributed by atoms with van der Waals surface area (Å²) in [6, 6.07) is 18.6. The van der Waals surface area contributed by atoms with Gasteiger partial charge in [0.1, 0.15) is 17.5 Å². The highest BCUT2D eigenvalue weighted by molar-refractivity contribution is 6.02. The van der Waals surface area contributed by atoms with Crippen LogP contribution in [-0.2, 0) is 9.59 Å². The van der Waals surface area contributed by atoms with E-state index in [4.69, 9.17) is 9.47 Å². The second-order valence-electron chi connectivity index (χ2n) is 9.09. The molecule has 0 aliphatic carbocycles. The minimum atomic E-state index is -0.738. The van der Waals surface area contributed by atoms with E-state index in [0.717, 1.165) is 28.3 Å². The predicted octanol–water partition coefficient (Wildman–Crippen LogP) is 5.00. The fourth-order valence-corrected chi connectivity index (χ4v) is 3.79. The van der Waals surface area contributed by atoms with Gasteiger partial charge in [-0.15, -0.1) is 0 Å². The molecule has 7 heteroatoms. The Morgan fingerprint density at radius 1 is 0.972 bits per heavy atom. The van der Waals surface area contributed by atoms with Crippen LogP contribution in [0, 0.1) is 12.8 Å². The minimum absolute atomic E-state index is 0.176. The van der Waals surface area contributed by atoms with Crippen molar-refractivity contribution in [3.8, 4) is 11.5 Å². The number of benzene rings is 3. The number of aryl methyl sites for hydroxylation is 1. The summed E-state index contributed by atoms with van der Waals surface area (Å²) in [4.78, 5) is 25.5. The SMILES string of the molecule is CCCOc1ccc2ccccc2c1/C=N\NC(=O)[C@@H](CC(C)C)NC(=O)COc1ccccc1C. The zero-order chi connectivity index (χ0) is 25.9. The second-order valence-corrected chi connectivity index (χ2v) is 9.09. The third-order valence-corrected chi connectivity index (χ3v) is 5.57. The zero-order valence-corrected chi connectivity index (χ0v) is 21.4. The van der Waals surface area contributed by atoms with Crippen molar-refractivity contribution in [1.82, 2.24) is 10.7 Å². The van der Waals surface area contributed by atoms with Crippen LogP contribution in [0.2, 0.25) is 0 Å². The summed E-state index contributed by atoms with van der Waals surface area (Å²) < 4.78 is 11.5. The highest BCUT2D eigenvalue weighted by Crippen LogP contribution is 2.27. The van der Waals surface area contributed by atoms with Crippen molar-refractivity contribution in [1.29, 1.82) is 0 Å². The summed E-state index contributed by atoms with van der Waals surface area (Å²) in [6.07, 6.45) is 2.95. The van der Waals surface area contributed by atoms with Crippen LogP contribution in [0.25, 0.3) is 10.8 Å². The van der Waals surface area contributed by atoms with Gasteiger partial charge in [0.15, 0.2) is 6.61 Å². The van der Waals surface area contributed by atoms with Crippen LogP contribution >= 0.6 is 0 Å². The smallest absolute Gasteiger partial charge is 0.262 e. The Labute approximate surface area is 212 Å². The van der Waals surface area contributed by atoms with Gasteiger partial charge in [-0.1, -0.05) is 69.3 Å². The summed E-state index contributed by atoms with van der Waals surface area (Å²) >= 11 is 0. The Hall–Kier alpha value is -3.87. The molecule has 0 bridgehead atoms. The average Bonchev–Trinajstić information content (AvgIpc) is 2.86. The van der Waals surface area contributed by atoms with Crippen molar-refractivity contribution in [2.75, 3.05) is 13.2 Å². The van der Waals surface area contributed by atoms with E-state index in [1.54, 1.807) is 12.3 Å². The van der Waals surface area contributed by atoms with Gasteiger partial charge in [0, 0.05) is 5.56 Å². The van der Waals surface area contributed by atoms with Crippen molar-refractivity contribution in [2.45, 2.75) is 46.6 Å². The fourth-order valence-electron chi connectivity index (χ4n) is 3.79. The van der Waals surface area contributed by atoms with E-state index >= 15 is 0 Å². The van der Waals surface area contributed by atoms with E-state index < -0.39 is 6.04 Å². The number of carbonyl (C=O) groups is 2. The van der Waals surface area contributed by atoms with E-state index in [-0.39, 0.29) is 24.3 Å². The lowest BCUT2D eigenvalue weighted by atomic mass is 10.0. The molecule has 36 heavy (non-hydrogen) atoms. The Balaban J connectivity index is 1.68. The summed E-state index contributed by atoms with van der Waals surface area (Å²) in [7, 11) is 0. The maximum absolute atomic E-state index is 12.9. The first-order chi connectivity index (χ1) is 17.4. The standard InChI is InChI=1S/C29H35N3O4/c1-5-16-35-27-15-14-22-11-7-8-12-23(22)24(27)18-30-32-29(34)25(17-20(2)3)31-28(33)19-36-26-13-9-6-10-21(26)4/h6-15,18,20,25H,5,16-17,19H2,1-4H3,(H,31,33)(H,32,34)/b30-18-/t25-/m1/s1. The Bertz CT molecular complexity index is 1210. The van der Waals surface area contributed by atoms with E-state index in [0.29, 0.717) is 24.5 Å². The number of ether oxygens (including phenoxy) is 2. The van der Waals surface area contributed by atoms with Crippen LogP contribution in [0.5, 0.6) is 11.5 Å². The third kappa shape index (κ3) is 7.57. The lowest BCUT2D eigenvalue weighted by Crippen LogP contribution is -2.47. The lowest BCUT2D eigenvalue weighted by molar-refractivity contribution is -0.130. The van der Waals surface area contributed by atoms with Crippen molar-refractivity contribution in [3.05, 3.63) is 71.8 Å². The highest BCUT2D eigenvalue weighted by atomic mass is 16.5. The third-order valence-electron chi connectivity index (χ3n) is 5.57. The lowest BCUT2D eigenvalue weighted by Gasteiger charge is -2.19. The van der Waals surface area contributed by atoms with Gasteiger partial charge in [-0.2, -0.15) is 5.10 Å². The fraction of sp³-hybridized carbons (Fsp3) is 0.345. The van der Waals surface area contributed by atoms with E-state index in [2.05, 4.69) is 15.8 Å². The first-order valence-electron chi connectivity index (χ1n) is 12.3. The molecule has 0 heterocycles. The molecule has 0 saturated carbocycles. The molecule has 0 aliphatic heterocycles. The van der Waals surface area contributed by atoms with E-state index in [1.165, 1.54) is 0 Å². The summed E-state index contributed by atoms with van der Waals surface area (Å²) in [5.74, 6) is 0.773. The van der Waals surface area contributed by atoms with Crippen LogP contribution in [-0.4, -0.2) is 37.3 Å². The van der Waals surface area contributed by atoms with E-state index in [1.807, 2.05) is 82.3 Å². The first kappa shape index (κ1) is 26.7. The number of para-hydroxylation sites is 1. The molecule has 0 radical (unpaired) electrons. The van der Waals surface area contributed by atoms with Gasteiger partial charge in [0.2, 0.25) is 0 Å². The van der Waals surface area contributed by atoms with Crippen LogP contribution in [0.4, 0.5) is 0 Å². The molecule has 0 aliphatic rings. The molecule has 0 aromatic heterocycles. The molecule has 190 valence electrons.